The molecule has 0 heterocycles. The minimum absolute atomic E-state index is 0.934. The molecule has 0 aromatic rings. The zero-order valence-corrected chi connectivity index (χ0v) is 6.39. The molecular weight excluding hydrogens is 112 g/mol. The third-order valence-electron chi connectivity index (χ3n) is 0.933. The molecule has 2 heteroatoms. The van der Waals surface area contributed by atoms with Gasteiger partial charge in [-0.3, -0.25) is 0 Å². The van der Waals surface area contributed by atoms with Gasteiger partial charge in [0.1, 0.15) is 0 Å². The highest BCUT2D eigenvalue weighted by atomic mass is 15.4. The second-order valence-electron chi connectivity index (χ2n) is 2.06. The lowest BCUT2D eigenvalue weighted by Crippen LogP contribution is -2.09. The van der Waals surface area contributed by atoms with Gasteiger partial charge in [-0.2, -0.15) is 5.10 Å². The van der Waals surface area contributed by atoms with Crippen molar-refractivity contribution in [3.05, 3.63) is 12.2 Å². The molecule has 0 aromatic carbocycles. The number of hydrazone groups is 1. The standard InChI is InChI=1S/C7H14N2/c1-5-9(4)8-6-7(2)3/h6H,2,5H2,1,3-4H3/b8-6-. The maximum Gasteiger partial charge on any atom is 0.0493 e. The third-order valence-corrected chi connectivity index (χ3v) is 0.933. The average Bonchev–Trinajstić information content (AvgIpc) is 1.83. The van der Waals surface area contributed by atoms with Gasteiger partial charge in [-0.25, -0.2) is 0 Å². The summed E-state index contributed by atoms with van der Waals surface area (Å²) < 4.78 is 0. The molecule has 0 spiro atoms. The quantitative estimate of drug-likeness (QED) is 0.413. The molecule has 0 bridgehead atoms. The Morgan fingerprint density at radius 3 is 2.67 bits per heavy atom. The van der Waals surface area contributed by atoms with E-state index in [4.69, 9.17) is 0 Å². The first-order valence-corrected chi connectivity index (χ1v) is 3.07. The van der Waals surface area contributed by atoms with Crippen LogP contribution in [0.15, 0.2) is 17.3 Å². The highest BCUT2D eigenvalue weighted by Gasteiger charge is 1.81. The molecule has 0 amide bonds. The van der Waals surface area contributed by atoms with E-state index in [1.54, 1.807) is 6.21 Å². The van der Waals surface area contributed by atoms with E-state index in [9.17, 15) is 0 Å². The van der Waals surface area contributed by atoms with E-state index in [-0.39, 0.29) is 0 Å². The van der Waals surface area contributed by atoms with Crippen LogP contribution in [0.2, 0.25) is 0 Å². The summed E-state index contributed by atoms with van der Waals surface area (Å²) in [7, 11) is 1.93. The van der Waals surface area contributed by atoms with Crippen LogP contribution in [-0.2, 0) is 0 Å². The van der Waals surface area contributed by atoms with Crippen LogP contribution < -0.4 is 0 Å². The van der Waals surface area contributed by atoms with Crippen molar-refractivity contribution in [2.24, 2.45) is 5.10 Å². The molecule has 0 aromatic heterocycles. The molecule has 9 heavy (non-hydrogen) atoms. The second kappa shape index (κ2) is 4.13. The normalized spacial score (nSPS) is 10.1. The number of allylic oxidation sites excluding steroid dienone is 1. The zero-order valence-electron chi connectivity index (χ0n) is 6.39. The third kappa shape index (κ3) is 5.07. The molecule has 0 aliphatic heterocycles. The first-order valence-electron chi connectivity index (χ1n) is 3.07. The molecule has 0 atom stereocenters. The molecule has 0 saturated heterocycles. The van der Waals surface area contributed by atoms with Crippen molar-refractivity contribution in [3.63, 3.8) is 0 Å². The Morgan fingerprint density at radius 2 is 2.33 bits per heavy atom. The van der Waals surface area contributed by atoms with E-state index < -0.39 is 0 Å². The lowest BCUT2D eigenvalue weighted by molar-refractivity contribution is 0.377. The fourth-order valence-corrected chi connectivity index (χ4v) is 0.279. The molecule has 2 nitrogen and oxygen atoms in total. The van der Waals surface area contributed by atoms with E-state index >= 15 is 0 Å². The van der Waals surface area contributed by atoms with Gasteiger partial charge in [-0.05, 0) is 19.4 Å². The Kier molecular flexibility index (Phi) is 3.76. The van der Waals surface area contributed by atoms with E-state index in [0.29, 0.717) is 0 Å². The molecule has 0 radical (unpaired) electrons. The topological polar surface area (TPSA) is 15.6 Å². The average molecular weight is 126 g/mol. The van der Waals surface area contributed by atoms with E-state index in [2.05, 4.69) is 18.6 Å². The van der Waals surface area contributed by atoms with Crippen LogP contribution in [0.1, 0.15) is 13.8 Å². The molecule has 0 N–H and O–H groups in total. The Bertz CT molecular complexity index is 116. The summed E-state index contributed by atoms with van der Waals surface area (Å²) in [5.74, 6) is 0. The molecular formula is C7H14N2. The fourth-order valence-electron chi connectivity index (χ4n) is 0.279. The number of rotatable bonds is 3. The minimum atomic E-state index is 0.934. The predicted octanol–water partition coefficient (Wildman–Crippen LogP) is 1.50. The monoisotopic (exact) mass is 126 g/mol. The van der Waals surface area contributed by atoms with E-state index in [1.807, 2.05) is 19.0 Å². The maximum atomic E-state index is 4.05. The van der Waals surface area contributed by atoms with Gasteiger partial charge in [0.15, 0.2) is 0 Å². The van der Waals surface area contributed by atoms with Gasteiger partial charge in [0.2, 0.25) is 0 Å². The summed E-state index contributed by atoms with van der Waals surface area (Å²) in [6.07, 6.45) is 1.75. The lowest BCUT2D eigenvalue weighted by atomic mass is 10.4. The van der Waals surface area contributed by atoms with E-state index in [1.165, 1.54) is 0 Å². The van der Waals surface area contributed by atoms with Crippen LogP contribution in [0.4, 0.5) is 0 Å². The molecule has 52 valence electrons. The summed E-state index contributed by atoms with van der Waals surface area (Å²) in [5, 5.41) is 5.91. The molecule has 0 aliphatic carbocycles. The Morgan fingerprint density at radius 1 is 1.78 bits per heavy atom. The predicted molar refractivity (Wildman–Crippen MR) is 41.6 cm³/mol. The fraction of sp³-hybridized carbons (Fsp3) is 0.571. The van der Waals surface area contributed by atoms with Crippen LogP contribution in [0, 0.1) is 0 Å². The number of nitrogens with zero attached hydrogens (tertiary/aromatic N) is 2. The van der Waals surface area contributed by atoms with Gasteiger partial charge in [0.25, 0.3) is 0 Å². The molecule has 0 rings (SSSR count). The van der Waals surface area contributed by atoms with Crippen molar-refractivity contribution < 1.29 is 0 Å². The van der Waals surface area contributed by atoms with Gasteiger partial charge in [-0.1, -0.05) is 6.58 Å². The van der Waals surface area contributed by atoms with Crippen LogP contribution >= 0.6 is 0 Å². The van der Waals surface area contributed by atoms with Gasteiger partial charge in [0.05, 0.1) is 0 Å². The van der Waals surface area contributed by atoms with Crippen molar-refractivity contribution in [3.8, 4) is 0 Å². The summed E-state index contributed by atoms with van der Waals surface area (Å²) in [5.41, 5.74) is 0.982. The highest BCUT2D eigenvalue weighted by Crippen LogP contribution is 1.83. The molecule has 0 saturated carbocycles. The van der Waals surface area contributed by atoms with Gasteiger partial charge >= 0.3 is 0 Å². The summed E-state index contributed by atoms with van der Waals surface area (Å²) in [6.45, 7) is 8.59. The molecule has 0 unspecified atom stereocenters. The Hall–Kier alpha value is -0.790. The number of hydrogen-bond acceptors (Lipinski definition) is 2. The van der Waals surface area contributed by atoms with Crippen LogP contribution in [-0.4, -0.2) is 24.8 Å². The lowest BCUT2D eigenvalue weighted by Gasteiger charge is -2.07. The summed E-state index contributed by atoms with van der Waals surface area (Å²) >= 11 is 0. The first kappa shape index (κ1) is 8.21. The van der Waals surface area contributed by atoms with Gasteiger partial charge < -0.3 is 5.01 Å². The largest absolute Gasteiger partial charge is 0.300 e. The van der Waals surface area contributed by atoms with Crippen LogP contribution in [0.5, 0.6) is 0 Å². The SMILES string of the molecule is C=C(C)/C=N\N(C)CC. The maximum absolute atomic E-state index is 4.05. The van der Waals surface area contributed by atoms with Crippen LogP contribution in [0.25, 0.3) is 0 Å². The Labute approximate surface area is 56.9 Å². The summed E-state index contributed by atoms with van der Waals surface area (Å²) in [4.78, 5) is 0. The molecule has 0 fully saturated rings. The van der Waals surface area contributed by atoms with Gasteiger partial charge in [0, 0.05) is 19.8 Å². The minimum Gasteiger partial charge on any atom is -0.300 e. The van der Waals surface area contributed by atoms with Crippen molar-refractivity contribution >= 4 is 6.21 Å². The summed E-state index contributed by atoms with van der Waals surface area (Å²) in [6, 6.07) is 0. The van der Waals surface area contributed by atoms with Crippen molar-refractivity contribution in [2.45, 2.75) is 13.8 Å². The second-order valence-corrected chi connectivity index (χ2v) is 2.06. The van der Waals surface area contributed by atoms with Crippen molar-refractivity contribution in [2.75, 3.05) is 13.6 Å². The van der Waals surface area contributed by atoms with Crippen molar-refractivity contribution in [1.29, 1.82) is 0 Å². The van der Waals surface area contributed by atoms with Crippen LogP contribution in [0.3, 0.4) is 0 Å². The van der Waals surface area contributed by atoms with Gasteiger partial charge in [-0.15, -0.1) is 0 Å². The highest BCUT2D eigenvalue weighted by molar-refractivity contribution is 5.76. The first-order chi connectivity index (χ1) is 4.16. The molecule has 0 aliphatic rings. The zero-order chi connectivity index (χ0) is 7.28. The van der Waals surface area contributed by atoms with E-state index in [0.717, 1.165) is 12.1 Å². The Balaban J connectivity index is 3.56. The smallest absolute Gasteiger partial charge is 0.0493 e. The van der Waals surface area contributed by atoms with Crippen molar-refractivity contribution in [1.82, 2.24) is 5.01 Å². The number of hydrogen-bond donors (Lipinski definition) is 0.